The summed E-state index contributed by atoms with van der Waals surface area (Å²) >= 11 is 0. The molecule has 0 bridgehead atoms. The average Bonchev–Trinajstić information content (AvgIpc) is 2.76. The van der Waals surface area contributed by atoms with E-state index in [1.165, 1.54) is 12.1 Å². The summed E-state index contributed by atoms with van der Waals surface area (Å²) in [5, 5.41) is 9.28. The molecule has 2 unspecified atom stereocenters. The fourth-order valence-electron chi connectivity index (χ4n) is 2.45. The number of likely N-dealkylation sites (tertiary alicyclic amines) is 1. The zero-order valence-corrected chi connectivity index (χ0v) is 10.9. The summed E-state index contributed by atoms with van der Waals surface area (Å²) in [4.78, 5) is 13.4. The summed E-state index contributed by atoms with van der Waals surface area (Å²) in [6.07, 6.45) is 0.861. The molecule has 1 saturated heterocycles. The second-order valence-corrected chi connectivity index (χ2v) is 5.02. The van der Waals surface area contributed by atoms with Crippen molar-refractivity contribution in [3.8, 4) is 5.75 Å². The third-order valence-corrected chi connectivity index (χ3v) is 3.54. The highest BCUT2D eigenvalue weighted by molar-refractivity contribution is 5.70. The van der Waals surface area contributed by atoms with Crippen molar-refractivity contribution in [1.82, 2.24) is 4.90 Å². The number of carboxylic acids is 1. The molecular formula is C14H18FNO3. The van der Waals surface area contributed by atoms with Gasteiger partial charge in [-0.15, -0.1) is 0 Å². The molecule has 1 N–H and O–H groups in total. The normalized spacial score (nSPS) is 21.3. The number of rotatable bonds is 5. The molecular weight excluding hydrogens is 249 g/mol. The maximum atomic E-state index is 13.0. The van der Waals surface area contributed by atoms with E-state index in [9.17, 15) is 14.3 Å². The van der Waals surface area contributed by atoms with E-state index >= 15 is 0 Å². The van der Waals surface area contributed by atoms with E-state index in [0.717, 1.165) is 19.5 Å². The SMILES string of the molecule is CN1CCC(C(COc2cccc(F)c2)C(=O)O)C1. The van der Waals surface area contributed by atoms with Crippen molar-refractivity contribution in [2.75, 3.05) is 26.7 Å². The number of aliphatic carboxylic acids is 1. The van der Waals surface area contributed by atoms with Crippen molar-refractivity contribution in [3.63, 3.8) is 0 Å². The van der Waals surface area contributed by atoms with E-state index in [-0.39, 0.29) is 18.3 Å². The number of halogens is 1. The Balaban J connectivity index is 1.96. The van der Waals surface area contributed by atoms with Crippen LogP contribution in [0.1, 0.15) is 6.42 Å². The van der Waals surface area contributed by atoms with E-state index < -0.39 is 11.9 Å². The van der Waals surface area contributed by atoms with Gasteiger partial charge < -0.3 is 14.7 Å². The highest BCUT2D eigenvalue weighted by Crippen LogP contribution is 2.25. The molecule has 1 aromatic carbocycles. The van der Waals surface area contributed by atoms with Crippen molar-refractivity contribution >= 4 is 5.97 Å². The minimum Gasteiger partial charge on any atom is -0.493 e. The van der Waals surface area contributed by atoms with Gasteiger partial charge in [0.25, 0.3) is 0 Å². The van der Waals surface area contributed by atoms with Gasteiger partial charge in [-0.3, -0.25) is 4.79 Å². The zero-order valence-electron chi connectivity index (χ0n) is 10.9. The zero-order chi connectivity index (χ0) is 13.8. The Morgan fingerprint density at radius 1 is 1.63 bits per heavy atom. The number of nitrogens with zero attached hydrogens (tertiary/aromatic N) is 1. The molecule has 1 aromatic rings. The van der Waals surface area contributed by atoms with Crippen molar-refractivity contribution < 1.29 is 19.0 Å². The van der Waals surface area contributed by atoms with Gasteiger partial charge in [0.15, 0.2) is 0 Å². The molecule has 1 aliphatic heterocycles. The molecule has 1 aliphatic rings. The lowest BCUT2D eigenvalue weighted by Crippen LogP contribution is -2.31. The number of carbonyl (C=O) groups is 1. The first kappa shape index (κ1) is 13.8. The number of hydrogen-bond acceptors (Lipinski definition) is 3. The van der Waals surface area contributed by atoms with Gasteiger partial charge in [0.05, 0.1) is 5.92 Å². The summed E-state index contributed by atoms with van der Waals surface area (Å²) in [6.45, 7) is 1.76. The van der Waals surface area contributed by atoms with Gasteiger partial charge in [0.2, 0.25) is 0 Å². The van der Waals surface area contributed by atoms with Crippen LogP contribution >= 0.6 is 0 Å². The quantitative estimate of drug-likeness (QED) is 0.884. The van der Waals surface area contributed by atoms with E-state index in [1.54, 1.807) is 12.1 Å². The molecule has 19 heavy (non-hydrogen) atoms. The van der Waals surface area contributed by atoms with Crippen LogP contribution in [-0.4, -0.2) is 42.7 Å². The van der Waals surface area contributed by atoms with Crippen LogP contribution < -0.4 is 4.74 Å². The Labute approximate surface area is 111 Å². The molecule has 0 amide bonds. The van der Waals surface area contributed by atoms with Gasteiger partial charge in [-0.2, -0.15) is 0 Å². The smallest absolute Gasteiger partial charge is 0.310 e. The summed E-state index contributed by atoms with van der Waals surface area (Å²) in [5.41, 5.74) is 0. The lowest BCUT2D eigenvalue weighted by molar-refractivity contribution is -0.144. The fourth-order valence-corrected chi connectivity index (χ4v) is 2.45. The first-order valence-corrected chi connectivity index (χ1v) is 6.36. The first-order chi connectivity index (χ1) is 9.06. The molecule has 0 spiro atoms. The molecule has 0 aromatic heterocycles. The average molecular weight is 267 g/mol. The van der Waals surface area contributed by atoms with E-state index in [1.807, 2.05) is 7.05 Å². The number of ether oxygens (including phenoxy) is 1. The van der Waals surface area contributed by atoms with Gasteiger partial charge in [0, 0.05) is 12.6 Å². The van der Waals surface area contributed by atoms with Gasteiger partial charge in [-0.25, -0.2) is 4.39 Å². The molecule has 1 heterocycles. The minimum atomic E-state index is -0.850. The number of carboxylic acid groups (broad SMARTS) is 1. The van der Waals surface area contributed by atoms with Crippen molar-refractivity contribution in [2.45, 2.75) is 6.42 Å². The van der Waals surface area contributed by atoms with Gasteiger partial charge >= 0.3 is 5.97 Å². The van der Waals surface area contributed by atoms with Crippen molar-refractivity contribution in [1.29, 1.82) is 0 Å². The Morgan fingerprint density at radius 2 is 2.42 bits per heavy atom. The van der Waals surface area contributed by atoms with Crippen LogP contribution in [0, 0.1) is 17.7 Å². The predicted molar refractivity (Wildman–Crippen MR) is 68.6 cm³/mol. The number of benzene rings is 1. The standard InChI is InChI=1S/C14H18FNO3/c1-16-6-5-10(8-16)13(14(17)18)9-19-12-4-2-3-11(15)7-12/h2-4,7,10,13H,5-6,8-9H2,1H3,(H,17,18). The molecule has 104 valence electrons. The minimum absolute atomic E-state index is 0.0806. The highest BCUT2D eigenvalue weighted by atomic mass is 19.1. The van der Waals surface area contributed by atoms with Crippen molar-refractivity contribution in [2.24, 2.45) is 11.8 Å². The lowest BCUT2D eigenvalue weighted by Gasteiger charge is -2.19. The van der Waals surface area contributed by atoms with Gasteiger partial charge in [-0.05, 0) is 38.1 Å². The monoisotopic (exact) mass is 267 g/mol. The predicted octanol–water partition coefficient (Wildman–Crippen LogP) is 1.86. The van der Waals surface area contributed by atoms with Crippen LogP contribution in [0.15, 0.2) is 24.3 Å². The Bertz CT molecular complexity index is 452. The molecule has 4 nitrogen and oxygen atoms in total. The first-order valence-electron chi connectivity index (χ1n) is 6.36. The van der Waals surface area contributed by atoms with Crippen LogP contribution in [0.3, 0.4) is 0 Å². The number of hydrogen-bond donors (Lipinski definition) is 1. The van der Waals surface area contributed by atoms with Crippen LogP contribution in [0.5, 0.6) is 5.75 Å². The summed E-state index contributed by atoms with van der Waals surface area (Å²) in [5.74, 6) is -1.32. The molecule has 2 atom stereocenters. The van der Waals surface area contributed by atoms with Gasteiger partial charge in [0.1, 0.15) is 18.2 Å². The van der Waals surface area contributed by atoms with Crippen LogP contribution in [-0.2, 0) is 4.79 Å². The molecule has 2 rings (SSSR count). The van der Waals surface area contributed by atoms with Gasteiger partial charge in [-0.1, -0.05) is 6.07 Å². The highest BCUT2D eigenvalue weighted by Gasteiger charge is 2.33. The third kappa shape index (κ3) is 3.67. The summed E-state index contributed by atoms with van der Waals surface area (Å²) < 4.78 is 18.4. The molecule has 0 radical (unpaired) electrons. The maximum Gasteiger partial charge on any atom is 0.310 e. The van der Waals surface area contributed by atoms with E-state index in [4.69, 9.17) is 4.74 Å². The summed E-state index contributed by atoms with van der Waals surface area (Å²) in [7, 11) is 1.98. The molecule has 0 aliphatic carbocycles. The third-order valence-electron chi connectivity index (χ3n) is 3.54. The van der Waals surface area contributed by atoms with E-state index in [2.05, 4.69) is 4.90 Å². The molecule has 0 saturated carbocycles. The second-order valence-electron chi connectivity index (χ2n) is 5.02. The Hall–Kier alpha value is -1.62. The topological polar surface area (TPSA) is 49.8 Å². The second kappa shape index (κ2) is 6.02. The van der Waals surface area contributed by atoms with Crippen LogP contribution in [0.2, 0.25) is 0 Å². The summed E-state index contributed by atoms with van der Waals surface area (Å²) in [6, 6.07) is 5.76. The Morgan fingerprint density at radius 3 is 3.00 bits per heavy atom. The lowest BCUT2D eigenvalue weighted by atomic mass is 9.92. The van der Waals surface area contributed by atoms with Crippen LogP contribution in [0.4, 0.5) is 4.39 Å². The maximum absolute atomic E-state index is 13.0. The van der Waals surface area contributed by atoms with Crippen molar-refractivity contribution in [3.05, 3.63) is 30.1 Å². The Kier molecular flexibility index (Phi) is 4.37. The fraction of sp³-hybridized carbons (Fsp3) is 0.500. The van der Waals surface area contributed by atoms with E-state index in [0.29, 0.717) is 5.75 Å². The molecule has 5 heteroatoms. The molecule has 1 fully saturated rings. The van der Waals surface area contributed by atoms with Crippen LogP contribution in [0.25, 0.3) is 0 Å². The largest absolute Gasteiger partial charge is 0.493 e.